The SMILES string of the molecule is Cc1cc(C(N)=O)ccc1COC1CCC(N)C1. The first kappa shape index (κ1) is 13.1. The monoisotopic (exact) mass is 248 g/mol. The van der Waals surface area contributed by atoms with Gasteiger partial charge < -0.3 is 16.2 Å². The molecule has 98 valence electrons. The molecule has 2 atom stereocenters. The van der Waals surface area contributed by atoms with Crippen molar-refractivity contribution in [3.63, 3.8) is 0 Å². The zero-order valence-corrected chi connectivity index (χ0v) is 10.7. The van der Waals surface area contributed by atoms with Gasteiger partial charge >= 0.3 is 0 Å². The van der Waals surface area contributed by atoms with Crippen molar-refractivity contribution in [2.24, 2.45) is 11.5 Å². The van der Waals surface area contributed by atoms with Crippen LogP contribution >= 0.6 is 0 Å². The number of aryl methyl sites for hydroxylation is 1. The maximum Gasteiger partial charge on any atom is 0.248 e. The van der Waals surface area contributed by atoms with E-state index in [0.29, 0.717) is 12.2 Å². The van der Waals surface area contributed by atoms with Crippen LogP contribution in [0.3, 0.4) is 0 Å². The summed E-state index contributed by atoms with van der Waals surface area (Å²) >= 11 is 0. The summed E-state index contributed by atoms with van der Waals surface area (Å²) < 4.78 is 5.84. The lowest BCUT2D eigenvalue weighted by molar-refractivity contribution is 0.0446. The number of hydrogen-bond donors (Lipinski definition) is 2. The molecular weight excluding hydrogens is 228 g/mol. The fourth-order valence-electron chi connectivity index (χ4n) is 2.34. The second kappa shape index (κ2) is 5.50. The molecule has 1 amide bonds. The lowest BCUT2D eigenvalue weighted by Gasteiger charge is -2.13. The average Bonchev–Trinajstić information content (AvgIpc) is 2.73. The highest BCUT2D eigenvalue weighted by molar-refractivity contribution is 5.93. The van der Waals surface area contributed by atoms with Gasteiger partial charge in [-0.05, 0) is 49.4 Å². The molecule has 0 heterocycles. The maximum atomic E-state index is 11.0. The molecule has 0 saturated heterocycles. The number of hydrogen-bond acceptors (Lipinski definition) is 3. The van der Waals surface area contributed by atoms with Crippen LogP contribution in [0.5, 0.6) is 0 Å². The van der Waals surface area contributed by atoms with Gasteiger partial charge in [-0.15, -0.1) is 0 Å². The van der Waals surface area contributed by atoms with Gasteiger partial charge in [-0.25, -0.2) is 0 Å². The van der Waals surface area contributed by atoms with Crippen LogP contribution in [-0.2, 0) is 11.3 Å². The summed E-state index contributed by atoms with van der Waals surface area (Å²) in [5, 5.41) is 0. The minimum absolute atomic E-state index is 0.273. The van der Waals surface area contributed by atoms with E-state index < -0.39 is 5.91 Å². The molecule has 1 saturated carbocycles. The largest absolute Gasteiger partial charge is 0.373 e. The minimum atomic E-state index is -0.396. The number of carbonyl (C=O) groups is 1. The van der Waals surface area contributed by atoms with Crippen LogP contribution in [0.1, 0.15) is 40.7 Å². The van der Waals surface area contributed by atoms with Crippen LogP contribution in [0.2, 0.25) is 0 Å². The minimum Gasteiger partial charge on any atom is -0.373 e. The van der Waals surface area contributed by atoms with Crippen molar-refractivity contribution < 1.29 is 9.53 Å². The Labute approximate surface area is 107 Å². The molecular formula is C14H20N2O2. The summed E-state index contributed by atoms with van der Waals surface area (Å²) in [6.07, 6.45) is 3.30. The van der Waals surface area contributed by atoms with Crippen LogP contribution in [0, 0.1) is 6.92 Å². The van der Waals surface area contributed by atoms with Crippen molar-refractivity contribution in [2.45, 2.75) is 44.9 Å². The van der Waals surface area contributed by atoms with Crippen LogP contribution in [0.15, 0.2) is 18.2 Å². The molecule has 1 aliphatic carbocycles. The number of nitrogens with two attached hydrogens (primary N) is 2. The molecule has 2 unspecified atom stereocenters. The quantitative estimate of drug-likeness (QED) is 0.847. The summed E-state index contributed by atoms with van der Waals surface area (Å²) in [6, 6.07) is 5.74. The van der Waals surface area contributed by atoms with Gasteiger partial charge in [0.05, 0.1) is 12.7 Å². The summed E-state index contributed by atoms with van der Waals surface area (Å²) in [7, 11) is 0. The standard InChI is InChI=1S/C14H20N2O2/c1-9-6-10(14(16)17)2-3-11(9)8-18-13-5-4-12(15)7-13/h2-3,6,12-13H,4-5,7-8,15H2,1H3,(H2,16,17). The Morgan fingerprint density at radius 3 is 2.78 bits per heavy atom. The summed E-state index contributed by atoms with van der Waals surface area (Å²) in [4.78, 5) is 11.0. The normalized spacial score (nSPS) is 23.2. The zero-order valence-electron chi connectivity index (χ0n) is 10.7. The molecule has 4 heteroatoms. The Morgan fingerprint density at radius 2 is 2.22 bits per heavy atom. The van der Waals surface area contributed by atoms with E-state index in [1.807, 2.05) is 13.0 Å². The molecule has 4 N–H and O–H groups in total. The van der Waals surface area contributed by atoms with Gasteiger partial charge in [0.1, 0.15) is 0 Å². The van der Waals surface area contributed by atoms with E-state index in [-0.39, 0.29) is 12.1 Å². The predicted molar refractivity (Wildman–Crippen MR) is 70.1 cm³/mol. The summed E-state index contributed by atoms with van der Waals surface area (Å²) in [5.74, 6) is -0.396. The van der Waals surface area contributed by atoms with Gasteiger partial charge in [0.15, 0.2) is 0 Å². The van der Waals surface area contributed by atoms with Gasteiger partial charge in [-0.1, -0.05) is 6.07 Å². The second-order valence-electron chi connectivity index (χ2n) is 5.01. The Kier molecular flexibility index (Phi) is 3.99. The van der Waals surface area contributed by atoms with Gasteiger partial charge in [0.2, 0.25) is 5.91 Å². The number of amides is 1. The van der Waals surface area contributed by atoms with Crippen LogP contribution in [0.4, 0.5) is 0 Å². The van der Waals surface area contributed by atoms with Crippen molar-refractivity contribution in [3.05, 3.63) is 34.9 Å². The third-order valence-corrected chi connectivity index (χ3v) is 3.53. The van der Waals surface area contributed by atoms with Crippen molar-refractivity contribution in [3.8, 4) is 0 Å². The highest BCUT2D eigenvalue weighted by Crippen LogP contribution is 2.22. The van der Waals surface area contributed by atoms with Crippen LogP contribution in [-0.4, -0.2) is 18.1 Å². The molecule has 1 aliphatic rings. The van der Waals surface area contributed by atoms with Crippen LogP contribution < -0.4 is 11.5 Å². The molecule has 18 heavy (non-hydrogen) atoms. The van der Waals surface area contributed by atoms with E-state index in [2.05, 4.69) is 0 Å². The first-order valence-electron chi connectivity index (χ1n) is 6.33. The molecule has 0 spiro atoms. The second-order valence-corrected chi connectivity index (χ2v) is 5.01. The third kappa shape index (κ3) is 3.09. The van der Waals surface area contributed by atoms with Crippen molar-refractivity contribution in [1.82, 2.24) is 0 Å². The lowest BCUT2D eigenvalue weighted by atomic mass is 10.1. The molecule has 0 bridgehead atoms. The average molecular weight is 248 g/mol. The summed E-state index contributed by atoms with van der Waals surface area (Å²) in [5.41, 5.74) is 13.8. The van der Waals surface area contributed by atoms with E-state index in [4.69, 9.17) is 16.2 Å². The van der Waals surface area contributed by atoms with E-state index in [0.717, 1.165) is 30.4 Å². The van der Waals surface area contributed by atoms with Gasteiger partial charge in [-0.3, -0.25) is 4.79 Å². The predicted octanol–water partition coefficient (Wildman–Crippen LogP) is 1.49. The number of ether oxygens (including phenoxy) is 1. The topological polar surface area (TPSA) is 78.3 Å². The van der Waals surface area contributed by atoms with E-state index in [9.17, 15) is 4.79 Å². The highest BCUT2D eigenvalue weighted by atomic mass is 16.5. The molecule has 2 rings (SSSR count). The fourth-order valence-corrected chi connectivity index (χ4v) is 2.34. The number of rotatable bonds is 4. The molecule has 0 radical (unpaired) electrons. The highest BCUT2D eigenvalue weighted by Gasteiger charge is 2.22. The number of carbonyl (C=O) groups excluding carboxylic acids is 1. The molecule has 0 aliphatic heterocycles. The third-order valence-electron chi connectivity index (χ3n) is 3.53. The van der Waals surface area contributed by atoms with E-state index >= 15 is 0 Å². The van der Waals surface area contributed by atoms with Gasteiger partial charge in [0.25, 0.3) is 0 Å². The summed E-state index contributed by atoms with van der Waals surface area (Å²) in [6.45, 7) is 2.54. The Balaban J connectivity index is 1.95. The molecule has 4 nitrogen and oxygen atoms in total. The van der Waals surface area contributed by atoms with Gasteiger partial charge in [0, 0.05) is 11.6 Å². The van der Waals surface area contributed by atoms with Gasteiger partial charge in [-0.2, -0.15) is 0 Å². The molecule has 1 fully saturated rings. The first-order chi connectivity index (χ1) is 8.56. The smallest absolute Gasteiger partial charge is 0.248 e. The van der Waals surface area contributed by atoms with Crippen molar-refractivity contribution in [1.29, 1.82) is 0 Å². The number of primary amides is 1. The van der Waals surface area contributed by atoms with Crippen molar-refractivity contribution >= 4 is 5.91 Å². The molecule has 0 aromatic heterocycles. The van der Waals surface area contributed by atoms with Crippen molar-refractivity contribution in [2.75, 3.05) is 0 Å². The maximum absolute atomic E-state index is 11.0. The first-order valence-corrected chi connectivity index (χ1v) is 6.33. The number of benzene rings is 1. The van der Waals surface area contributed by atoms with E-state index in [1.165, 1.54) is 0 Å². The molecule has 1 aromatic rings. The van der Waals surface area contributed by atoms with Crippen LogP contribution in [0.25, 0.3) is 0 Å². The zero-order chi connectivity index (χ0) is 13.1. The lowest BCUT2D eigenvalue weighted by Crippen LogP contribution is -2.17. The Morgan fingerprint density at radius 1 is 1.44 bits per heavy atom. The van der Waals surface area contributed by atoms with E-state index in [1.54, 1.807) is 12.1 Å². The molecule has 1 aromatic carbocycles. The Hall–Kier alpha value is -1.39. The fraction of sp³-hybridized carbons (Fsp3) is 0.500. The Bertz CT molecular complexity index is 445.